The molecule has 0 bridgehead atoms. The summed E-state index contributed by atoms with van der Waals surface area (Å²) in [7, 11) is 0. The monoisotopic (exact) mass is 265 g/mol. The first-order valence-corrected chi connectivity index (χ1v) is 7.69. The average molecular weight is 265 g/mol. The quantitative estimate of drug-likeness (QED) is 0.743. The Kier molecular flexibility index (Phi) is 4.71. The minimum absolute atomic E-state index is 0.554. The zero-order valence-electron chi connectivity index (χ0n) is 11.3. The van der Waals surface area contributed by atoms with Crippen molar-refractivity contribution in [3.05, 3.63) is 29.8 Å². The molecule has 1 aromatic rings. The van der Waals surface area contributed by atoms with Gasteiger partial charge < -0.3 is 10.4 Å². The second kappa shape index (κ2) is 6.09. The number of benzene rings is 1. The van der Waals surface area contributed by atoms with E-state index in [1.54, 1.807) is 0 Å². The van der Waals surface area contributed by atoms with Crippen LogP contribution in [0.2, 0.25) is 0 Å². The van der Waals surface area contributed by atoms with E-state index in [-0.39, 0.29) is 0 Å². The first kappa shape index (κ1) is 13.9. The molecule has 0 unspecified atom stereocenters. The Hall–Kier alpha value is -0.510. The highest BCUT2D eigenvalue weighted by molar-refractivity contribution is 7.99. The average Bonchev–Trinajstić information content (AvgIpc) is 3.10. The van der Waals surface area contributed by atoms with E-state index >= 15 is 0 Å². The van der Waals surface area contributed by atoms with E-state index in [0.717, 1.165) is 24.8 Å². The van der Waals surface area contributed by atoms with Crippen molar-refractivity contribution in [2.45, 2.75) is 56.2 Å². The first-order chi connectivity index (χ1) is 8.53. The molecule has 3 heteroatoms. The Bertz CT molecular complexity index is 365. The van der Waals surface area contributed by atoms with Crippen molar-refractivity contribution in [1.29, 1.82) is 0 Å². The van der Waals surface area contributed by atoms with E-state index in [2.05, 4.69) is 29.6 Å². The van der Waals surface area contributed by atoms with Gasteiger partial charge in [-0.15, -0.1) is 11.8 Å². The van der Waals surface area contributed by atoms with Crippen LogP contribution in [0.3, 0.4) is 0 Å². The molecule has 0 heterocycles. The van der Waals surface area contributed by atoms with Gasteiger partial charge in [-0.3, -0.25) is 0 Å². The summed E-state index contributed by atoms with van der Waals surface area (Å²) in [6.07, 6.45) is 3.50. The van der Waals surface area contributed by atoms with Crippen LogP contribution in [0.15, 0.2) is 29.2 Å². The van der Waals surface area contributed by atoms with Gasteiger partial charge in [-0.05, 0) is 50.8 Å². The number of rotatable bonds is 7. The van der Waals surface area contributed by atoms with E-state index < -0.39 is 5.60 Å². The Labute approximate surface area is 114 Å². The highest BCUT2D eigenvalue weighted by Gasteiger charge is 2.19. The molecule has 1 aliphatic rings. The lowest BCUT2D eigenvalue weighted by atomic mass is 10.1. The number of hydrogen-bond acceptors (Lipinski definition) is 3. The Morgan fingerprint density at radius 3 is 2.50 bits per heavy atom. The normalized spacial score (nSPS) is 15.9. The summed E-state index contributed by atoms with van der Waals surface area (Å²) in [4.78, 5) is 1.29. The zero-order valence-corrected chi connectivity index (χ0v) is 12.1. The third-order valence-electron chi connectivity index (χ3n) is 3.08. The van der Waals surface area contributed by atoms with Crippen LogP contribution in [0.1, 0.15) is 38.7 Å². The molecule has 1 aliphatic carbocycles. The zero-order chi connectivity index (χ0) is 13.0. The largest absolute Gasteiger partial charge is 0.390 e. The molecule has 0 atom stereocenters. The third-order valence-corrected chi connectivity index (χ3v) is 4.09. The lowest BCUT2D eigenvalue weighted by molar-refractivity contribution is 0.0778. The van der Waals surface area contributed by atoms with E-state index in [0.29, 0.717) is 0 Å². The Morgan fingerprint density at radius 1 is 1.28 bits per heavy atom. The number of thioether (sulfide) groups is 1. The minimum atomic E-state index is -0.554. The van der Waals surface area contributed by atoms with Crippen molar-refractivity contribution in [3.63, 3.8) is 0 Å². The second-order valence-corrected chi connectivity index (χ2v) is 6.88. The molecule has 18 heavy (non-hydrogen) atoms. The highest BCUT2D eigenvalue weighted by atomic mass is 32.2. The molecule has 2 N–H and O–H groups in total. The fourth-order valence-electron chi connectivity index (χ4n) is 1.67. The number of hydrogen-bond donors (Lipinski definition) is 2. The van der Waals surface area contributed by atoms with Gasteiger partial charge in [-0.25, -0.2) is 0 Å². The predicted octanol–water partition coefficient (Wildman–Crippen LogP) is 3.19. The summed E-state index contributed by atoms with van der Waals surface area (Å²) in [6, 6.07) is 9.52. The lowest BCUT2D eigenvalue weighted by Gasteiger charge is -2.16. The van der Waals surface area contributed by atoms with Crippen molar-refractivity contribution < 1.29 is 5.11 Å². The molecule has 0 spiro atoms. The molecule has 1 aromatic carbocycles. The molecular weight excluding hydrogens is 242 g/mol. The van der Waals surface area contributed by atoms with E-state index in [1.807, 2.05) is 25.6 Å². The summed E-state index contributed by atoms with van der Waals surface area (Å²) in [5.74, 6) is 0.961. The van der Waals surface area contributed by atoms with Crippen LogP contribution < -0.4 is 5.32 Å². The molecule has 0 aromatic heterocycles. The van der Waals surface area contributed by atoms with Gasteiger partial charge in [0.1, 0.15) is 0 Å². The smallest absolute Gasteiger partial charge is 0.0599 e. The van der Waals surface area contributed by atoms with Gasteiger partial charge in [0.15, 0.2) is 0 Å². The van der Waals surface area contributed by atoms with Crippen molar-refractivity contribution >= 4 is 11.8 Å². The number of aliphatic hydroxyl groups is 1. The summed E-state index contributed by atoms with van der Waals surface area (Å²) in [5.41, 5.74) is 0.801. The van der Waals surface area contributed by atoms with Gasteiger partial charge in [0.2, 0.25) is 0 Å². The molecule has 100 valence electrons. The van der Waals surface area contributed by atoms with Gasteiger partial charge in [0.25, 0.3) is 0 Å². The third kappa shape index (κ3) is 5.42. The maximum Gasteiger partial charge on any atom is 0.0599 e. The van der Waals surface area contributed by atoms with E-state index in [4.69, 9.17) is 0 Å². The molecule has 0 saturated heterocycles. The van der Waals surface area contributed by atoms with Crippen molar-refractivity contribution in [2.75, 3.05) is 5.75 Å². The van der Waals surface area contributed by atoms with Crippen LogP contribution >= 0.6 is 11.8 Å². The summed E-state index contributed by atoms with van der Waals surface area (Å²) in [5, 5.41) is 13.2. The SMILES string of the molecule is CC(C)(O)CCSc1ccc(CNC2CC2)cc1. The Balaban J connectivity index is 1.72. The van der Waals surface area contributed by atoms with Crippen molar-refractivity contribution in [1.82, 2.24) is 5.32 Å². The fraction of sp³-hybridized carbons (Fsp3) is 0.600. The molecular formula is C15H23NOS. The van der Waals surface area contributed by atoms with Gasteiger partial charge in [-0.1, -0.05) is 12.1 Å². The van der Waals surface area contributed by atoms with Gasteiger partial charge >= 0.3 is 0 Å². The maximum absolute atomic E-state index is 9.65. The van der Waals surface area contributed by atoms with Crippen molar-refractivity contribution in [2.24, 2.45) is 0 Å². The standard InChI is InChI=1S/C15H23NOS/c1-15(2,17)9-10-18-14-7-3-12(4-8-14)11-16-13-5-6-13/h3-4,7-8,13,16-17H,5-6,9-11H2,1-2H3. The first-order valence-electron chi connectivity index (χ1n) is 6.70. The van der Waals surface area contributed by atoms with Gasteiger partial charge in [0.05, 0.1) is 5.60 Å². The van der Waals surface area contributed by atoms with Crippen LogP contribution in [0.4, 0.5) is 0 Å². The van der Waals surface area contributed by atoms with Gasteiger partial charge in [-0.2, -0.15) is 0 Å². The Morgan fingerprint density at radius 2 is 1.94 bits per heavy atom. The molecule has 0 amide bonds. The second-order valence-electron chi connectivity index (χ2n) is 5.71. The number of nitrogens with one attached hydrogen (secondary N) is 1. The van der Waals surface area contributed by atoms with Crippen LogP contribution in [-0.4, -0.2) is 22.5 Å². The molecule has 0 radical (unpaired) electrons. The minimum Gasteiger partial charge on any atom is -0.390 e. The van der Waals surface area contributed by atoms with Crippen LogP contribution in [0.25, 0.3) is 0 Å². The highest BCUT2D eigenvalue weighted by Crippen LogP contribution is 2.23. The van der Waals surface area contributed by atoms with Gasteiger partial charge in [0, 0.05) is 23.2 Å². The summed E-state index contributed by atoms with van der Waals surface area (Å²) >= 11 is 1.81. The summed E-state index contributed by atoms with van der Waals surface area (Å²) in [6.45, 7) is 4.71. The van der Waals surface area contributed by atoms with Crippen LogP contribution in [-0.2, 0) is 6.54 Å². The lowest BCUT2D eigenvalue weighted by Crippen LogP contribution is -2.19. The molecule has 2 rings (SSSR count). The van der Waals surface area contributed by atoms with Crippen LogP contribution in [0, 0.1) is 0 Å². The summed E-state index contributed by atoms with van der Waals surface area (Å²) < 4.78 is 0. The molecule has 0 aliphatic heterocycles. The molecule has 1 saturated carbocycles. The fourth-order valence-corrected chi connectivity index (χ4v) is 2.84. The topological polar surface area (TPSA) is 32.3 Å². The maximum atomic E-state index is 9.65. The molecule has 2 nitrogen and oxygen atoms in total. The molecule has 1 fully saturated rings. The van der Waals surface area contributed by atoms with Crippen LogP contribution in [0.5, 0.6) is 0 Å². The van der Waals surface area contributed by atoms with E-state index in [1.165, 1.54) is 23.3 Å². The van der Waals surface area contributed by atoms with Crippen molar-refractivity contribution in [3.8, 4) is 0 Å². The van der Waals surface area contributed by atoms with E-state index in [9.17, 15) is 5.11 Å². The predicted molar refractivity (Wildman–Crippen MR) is 77.9 cm³/mol.